The van der Waals surface area contributed by atoms with Crippen molar-refractivity contribution in [2.45, 2.75) is 6.92 Å². The first-order chi connectivity index (χ1) is 7.59. The summed E-state index contributed by atoms with van der Waals surface area (Å²) in [6.45, 7) is 3.82. The third kappa shape index (κ3) is 2.24. The monoisotopic (exact) mass is 257 g/mol. The van der Waals surface area contributed by atoms with Gasteiger partial charge in [-0.3, -0.25) is 4.79 Å². The number of hydrogen-bond donors (Lipinski definition) is 1. The molecule has 16 heavy (non-hydrogen) atoms. The average molecular weight is 258 g/mol. The lowest BCUT2D eigenvalue weighted by atomic mass is 9.83. The van der Waals surface area contributed by atoms with Gasteiger partial charge in [-0.1, -0.05) is 30.1 Å². The smallest absolute Gasteiger partial charge is 0.166 e. The maximum absolute atomic E-state index is 12.1. The van der Waals surface area contributed by atoms with Crippen LogP contribution in [0.3, 0.4) is 0 Å². The zero-order chi connectivity index (χ0) is 11.7. The van der Waals surface area contributed by atoms with Crippen molar-refractivity contribution in [3.05, 3.63) is 33.8 Å². The van der Waals surface area contributed by atoms with Gasteiger partial charge in [0, 0.05) is 11.5 Å². The number of carbonyl (C=O) groups excluding carboxylic acids is 1. The van der Waals surface area contributed by atoms with Gasteiger partial charge in [0.05, 0.1) is 10.0 Å². The highest BCUT2D eigenvalue weighted by atomic mass is 35.5. The van der Waals surface area contributed by atoms with E-state index in [1.807, 2.05) is 6.92 Å². The van der Waals surface area contributed by atoms with E-state index >= 15 is 0 Å². The van der Waals surface area contributed by atoms with Gasteiger partial charge in [-0.2, -0.15) is 0 Å². The van der Waals surface area contributed by atoms with E-state index in [1.165, 1.54) is 0 Å². The highest BCUT2D eigenvalue weighted by Crippen LogP contribution is 2.26. The molecule has 1 N–H and O–H groups in total. The quantitative estimate of drug-likeness (QED) is 0.844. The van der Waals surface area contributed by atoms with Gasteiger partial charge < -0.3 is 5.32 Å². The molecule has 86 valence electrons. The number of Topliss-reactive ketones (excluding diaryl/α,β-unsaturated/α-hetero) is 1. The molecule has 1 atom stereocenters. The van der Waals surface area contributed by atoms with Crippen LogP contribution in [-0.2, 0) is 0 Å². The van der Waals surface area contributed by atoms with E-state index in [9.17, 15) is 4.79 Å². The molecule has 1 aromatic rings. The molecule has 1 aromatic carbocycles. The summed E-state index contributed by atoms with van der Waals surface area (Å²) in [5.41, 5.74) is 0.647. The number of benzene rings is 1. The van der Waals surface area contributed by atoms with Gasteiger partial charge in [-0.05, 0) is 37.2 Å². The summed E-state index contributed by atoms with van der Waals surface area (Å²) in [6.07, 6.45) is 0. The van der Waals surface area contributed by atoms with Crippen molar-refractivity contribution in [1.29, 1.82) is 0 Å². The molecule has 1 unspecified atom stereocenters. The molecule has 0 saturated carbocycles. The predicted octanol–water partition coefficient (Wildman–Crippen LogP) is 3.03. The number of nitrogens with one attached hydrogen (secondary N) is 1. The Balaban J connectivity index is 2.16. The summed E-state index contributed by atoms with van der Waals surface area (Å²) in [7, 11) is 0. The summed E-state index contributed by atoms with van der Waals surface area (Å²) in [5, 5.41) is 4.09. The van der Waals surface area contributed by atoms with Crippen molar-refractivity contribution in [2.75, 3.05) is 13.1 Å². The molecular formula is C12H13Cl2NO. The Kier molecular flexibility index (Phi) is 3.53. The first-order valence-corrected chi connectivity index (χ1v) is 6.05. The fourth-order valence-corrected chi connectivity index (χ4v) is 2.09. The van der Waals surface area contributed by atoms with Gasteiger partial charge in [-0.15, -0.1) is 0 Å². The Bertz CT molecular complexity index is 415. The molecule has 0 radical (unpaired) electrons. The Morgan fingerprint density at radius 3 is 2.56 bits per heavy atom. The maximum Gasteiger partial charge on any atom is 0.166 e. The molecule has 2 nitrogen and oxygen atoms in total. The second kappa shape index (κ2) is 4.74. The van der Waals surface area contributed by atoms with Crippen LogP contribution in [0.2, 0.25) is 10.0 Å². The van der Waals surface area contributed by atoms with Crippen LogP contribution in [-0.4, -0.2) is 18.9 Å². The van der Waals surface area contributed by atoms with Crippen LogP contribution in [0.15, 0.2) is 18.2 Å². The molecule has 0 aromatic heterocycles. The Labute approximate surface area is 105 Å². The molecule has 0 aliphatic carbocycles. The molecule has 1 heterocycles. The lowest BCUT2D eigenvalue weighted by molar-refractivity contribution is 0.0854. The minimum absolute atomic E-state index is 0.0403. The van der Waals surface area contributed by atoms with Crippen molar-refractivity contribution in [2.24, 2.45) is 11.8 Å². The summed E-state index contributed by atoms with van der Waals surface area (Å²) in [6, 6.07) is 5.05. The topological polar surface area (TPSA) is 29.1 Å². The number of rotatable bonds is 3. The molecule has 0 spiro atoms. The molecule has 1 fully saturated rings. The van der Waals surface area contributed by atoms with E-state index in [0.717, 1.165) is 13.1 Å². The lowest BCUT2D eigenvalue weighted by Crippen LogP contribution is -2.47. The highest BCUT2D eigenvalue weighted by Gasteiger charge is 2.29. The van der Waals surface area contributed by atoms with Gasteiger partial charge in [0.1, 0.15) is 0 Å². The molecule has 2 rings (SSSR count). The van der Waals surface area contributed by atoms with Crippen molar-refractivity contribution < 1.29 is 4.79 Å². The first-order valence-electron chi connectivity index (χ1n) is 5.29. The van der Waals surface area contributed by atoms with Crippen LogP contribution in [0.5, 0.6) is 0 Å². The molecular weight excluding hydrogens is 245 g/mol. The summed E-state index contributed by atoms with van der Waals surface area (Å²) >= 11 is 11.7. The Morgan fingerprint density at radius 1 is 1.38 bits per heavy atom. The van der Waals surface area contributed by atoms with Gasteiger partial charge in [0.15, 0.2) is 5.78 Å². The van der Waals surface area contributed by atoms with Gasteiger partial charge in [0.25, 0.3) is 0 Å². The largest absolute Gasteiger partial charge is 0.316 e. The maximum atomic E-state index is 12.1. The zero-order valence-corrected chi connectivity index (χ0v) is 10.5. The standard InChI is InChI=1S/C12H13Cl2NO/c1-7(9-5-15-6-9)12(16)8-2-3-10(13)11(14)4-8/h2-4,7,9,15H,5-6H2,1H3. The van der Waals surface area contributed by atoms with Crippen LogP contribution >= 0.6 is 23.2 Å². The third-order valence-corrected chi connectivity index (χ3v) is 3.88. The molecule has 0 amide bonds. The van der Waals surface area contributed by atoms with Crippen molar-refractivity contribution in [3.63, 3.8) is 0 Å². The fraction of sp³-hybridized carbons (Fsp3) is 0.417. The van der Waals surface area contributed by atoms with E-state index in [4.69, 9.17) is 23.2 Å². The van der Waals surface area contributed by atoms with Gasteiger partial charge in [-0.25, -0.2) is 0 Å². The van der Waals surface area contributed by atoms with Gasteiger partial charge >= 0.3 is 0 Å². The van der Waals surface area contributed by atoms with Crippen LogP contribution in [0.25, 0.3) is 0 Å². The van der Waals surface area contributed by atoms with Crippen molar-refractivity contribution in [1.82, 2.24) is 5.32 Å². The van der Waals surface area contributed by atoms with Crippen molar-refractivity contribution in [3.8, 4) is 0 Å². The van der Waals surface area contributed by atoms with E-state index in [2.05, 4.69) is 5.32 Å². The number of carbonyl (C=O) groups is 1. The molecule has 1 aliphatic rings. The summed E-state index contributed by atoms with van der Waals surface area (Å²) < 4.78 is 0. The SMILES string of the molecule is CC(C(=O)c1ccc(Cl)c(Cl)c1)C1CNC1. The van der Waals surface area contributed by atoms with E-state index in [-0.39, 0.29) is 11.7 Å². The summed E-state index contributed by atoms with van der Waals surface area (Å²) in [4.78, 5) is 12.1. The normalized spacial score (nSPS) is 17.9. The lowest BCUT2D eigenvalue weighted by Gasteiger charge is -2.31. The van der Waals surface area contributed by atoms with Crippen LogP contribution in [0.4, 0.5) is 0 Å². The Morgan fingerprint density at radius 2 is 2.06 bits per heavy atom. The molecule has 0 bridgehead atoms. The molecule has 1 aliphatic heterocycles. The zero-order valence-electron chi connectivity index (χ0n) is 8.97. The van der Waals surface area contributed by atoms with E-state index in [1.54, 1.807) is 18.2 Å². The fourth-order valence-electron chi connectivity index (χ4n) is 1.79. The second-order valence-corrected chi connectivity index (χ2v) is 5.01. The minimum Gasteiger partial charge on any atom is -0.316 e. The minimum atomic E-state index is 0.0403. The van der Waals surface area contributed by atoms with Crippen LogP contribution < -0.4 is 5.32 Å². The molecule has 4 heteroatoms. The van der Waals surface area contributed by atoms with Crippen LogP contribution in [0, 0.1) is 11.8 Å². The van der Waals surface area contributed by atoms with E-state index < -0.39 is 0 Å². The predicted molar refractivity (Wildman–Crippen MR) is 66.3 cm³/mol. The van der Waals surface area contributed by atoms with E-state index in [0.29, 0.717) is 21.5 Å². The van der Waals surface area contributed by atoms with Crippen molar-refractivity contribution >= 4 is 29.0 Å². The molecule has 1 saturated heterocycles. The van der Waals surface area contributed by atoms with Gasteiger partial charge in [0.2, 0.25) is 0 Å². The number of halogens is 2. The Hall–Kier alpha value is -0.570. The highest BCUT2D eigenvalue weighted by molar-refractivity contribution is 6.42. The third-order valence-electron chi connectivity index (χ3n) is 3.14. The first kappa shape index (κ1) is 11.9. The number of ketones is 1. The second-order valence-electron chi connectivity index (χ2n) is 4.20. The summed E-state index contributed by atoms with van der Waals surface area (Å²) in [5.74, 6) is 0.630. The van der Waals surface area contributed by atoms with Crippen LogP contribution in [0.1, 0.15) is 17.3 Å². The number of hydrogen-bond acceptors (Lipinski definition) is 2. The average Bonchev–Trinajstić information content (AvgIpc) is 2.18.